The van der Waals surface area contributed by atoms with Crippen molar-refractivity contribution in [3.63, 3.8) is 0 Å². The summed E-state index contributed by atoms with van der Waals surface area (Å²) in [5.74, 6) is 0.907. The van der Waals surface area contributed by atoms with Crippen molar-refractivity contribution in [2.75, 3.05) is 25.9 Å². The molecule has 1 unspecified atom stereocenters. The molecule has 146 valence electrons. The minimum Gasteiger partial charge on any atom is -0.496 e. The largest absolute Gasteiger partial charge is 0.496 e. The van der Waals surface area contributed by atoms with Crippen molar-refractivity contribution >= 4 is 27.6 Å². The third kappa shape index (κ3) is 3.50. The van der Waals surface area contributed by atoms with Gasteiger partial charge >= 0.3 is 0 Å². The van der Waals surface area contributed by atoms with Gasteiger partial charge in [-0.2, -0.15) is 0 Å². The van der Waals surface area contributed by atoms with Crippen molar-refractivity contribution in [1.29, 1.82) is 0 Å². The number of hydrogen-bond donors (Lipinski definition) is 1. The molecule has 1 aliphatic rings. The Hall–Kier alpha value is -2.44. The first-order valence-corrected chi connectivity index (χ1v) is 10.6. The molecule has 1 aliphatic carbocycles. The van der Waals surface area contributed by atoms with Crippen molar-refractivity contribution < 1.29 is 8.95 Å². The molecular weight excluding hydrogens is 370 g/mol. The lowest BCUT2D eigenvalue weighted by Crippen LogP contribution is -2.34. The van der Waals surface area contributed by atoms with Crippen molar-refractivity contribution in [3.05, 3.63) is 59.8 Å². The maximum atomic E-state index is 13.2. The number of para-hydroxylation sites is 1. The van der Waals surface area contributed by atoms with Gasteiger partial charge in [0.15, 0.2) is 11.0 Å². The number of methoxy groups -OCH3 is 1. The van der Waals surface area contributed by atoms with Gasteiger partial charge in [-0.1, -0.05) is 18.2 Å². The molecule has 0 bridgehead atoms. The quantitative estimate of drug-likeness (QED) is 0.714. The van der Waals surface area contributed by atoms with Gasteiger partial charge in [0.2, 0.25) is 0 Å². The number of nitrogens with zero attached hydrogens (tertiary/aromatic N) is 2. The number of ether oxygens (including phenoxy) is 1. The number of benzene rings is 2. The fraction of sp³-hybridized carbons (Fsp3) is 0.318. The van der Waals surface area contributed by atoms with E-state index in [1.807, 2.05) is 42.5 Å². The Bertz CT molecular complexity index is 1030. The van der Waals surface area contributed by atoms with Gasteiger partial charge in [0, 0.05) is 23.2 Å². The molecule has 28 heavy (non-hydrogen) atoms. The molecule has 0 fully saturated rings. The highest BCUT2D eigenvalue weighted by atomic mass is 32.2. The maximum Gasteiger partial charge on any atom is 0.152 e. The molecule has 2 atom stereocenters. The molecule has 1 heterocycles. The molecule has 0 saturated carbocycles. The first kappa shape index (κ1) is 18.9. The van der Waals surface area contributed by atoms with Gasteiger partial charge in [0.05, 0.1) is 23.2 Å². The average Bonchev–Trinajstić information content (AvgIpc) is 2.73. The van der Waals surface area contributed by atoms with Gasteiger partial charge in [-0.15, -0.1) is 0 Å². The zero-order valence-electron chi connectivity index (χ0n) is 16.4. The van der Waals surface area contributed by atoms with Crippen molar-refractivity contribution in [1.82, 2.24) is 9.88 Å². The molecule has 0 amide bonds. The predicted octanol–water partition coefficient (Wildman–Crippen LogP) is 3.80. The summed E-state index contributed by atoms with van der Waals surface area (Å²) in [6.45, 7) is 0. The summed E-state index contributed by atoms with van der Waals surface area (Å²) >= 11 is 0. The molecule has 4 rings (SSSR count). The van der Waals surface area contributed by atoms with E-state index >= 15 is 0 Å². The summed E-state index contributed by atoms with van der Waals surface area (Å²) in [6, 6.07) is 14.1. The van der Waals surface area contributed by atoms with E-state index in [1.54, 1.807) is 13.3 Å². The summed E-state index contributed by atoms with van der Waals surface area (Å²) < 4.78 is 22.0. The second-order valence-corrected chi connectivity index (χ2v) is 8.52. The second kappa shape index (κ2) is 7.89. The van der Waals surface area contributed by atoms with Crippen LogP contribution in [0.1, 0.15) is 17.5 Å². The Morgan fingerprint density at radius 1 is 1.14 bits per heavy atom. The third-order valence-corrected chi connectivity index (χ3v) is 6.64. The van der Waals surface area contributed by atoms with Crippen LogP contribution in [0, 0.1) is 0 Å². The van der Waals surface area contributed by atoms with Gasteiger partial charge in [0.25, 0.3) is 0 Å². The van der Waals surface area contributed by atoms with E-state index in [4.69, 9.17) is 4.74 Å². The highest BCUT2D eigenvalue weighted by Gasteiger charge is 2.26. The molecule has 6 heteroatoms. The Labute approximate surface area is 168 Å². The fourth-order valence-corrected chi connectivity index (χ4v) is 4.99. The minimum atomic E-state index is -1.40. The molecular formula is C22H25N3O2S. The average molecular weight is 396 g/mol. The van der Waals surface area contributed by atoms with Crippen molar-refractivity contribution in [3.8, 4) is 5.75 Å². The monoisotopic (exact) mass is 395 g/mol. The standard InChI is InChI=1S/C22H25N3O2S/c1-25(2)16-9-10-17-18(14-16)20(27-3)12-11-19(17)24-28(26)21-8-4-6-15-7-5-13-23-22(15)21/h4-8,11-13,16,24H,9-10,14H2,1-3H3/t16-,28?/m0/s1. The van der Waals surface area contributed by atoms with Gasteiger partial charge in [-0.25, -0.2) is 4.21 Å². The first-order chi connectivity index (χ1) is 13.6. The van der Waals surface area contributed by atoms with Crippen molar-refractivity contribution in [2.24, 2.45) is 0 Å². The summed E-state index contributed by atoms with van der Waals surface area (Å²) in [6.07, 6.45) is 4.68. The Kier molecular flexibility index (Phi) is 5.33. The highest BCUT2D eigenvalue weighted by molar-refractivity contribution is 7.86. The van der Waals surface area contributed by atoms with E-state index in [2.05, 4.69) is 28.7 Å². The van der Waals surface area contributed by atoms with Crippen LogP contribution < -0.4 is 9.46 Å². The number of pyridine rings is 1. The second-order valence-electron chi connectivity index (χ2n) is 7.33. The zero-order chi connectivity index (χ0) is 19.7. The van der Waals surface area contributed by atoms with E-state index < -0.39 is 11.0 Å². The Balaban J connectivity index is 1.69. The lowest BCUT2D eigenvalue weighted by atomic mass is 9.86. The molecule has 0 spiro atoms. The Morgan fingerprint density at radius 2 is 1.96 bits per heavy atom. The molecule has 1 N–H and O–H groups in total. The van der Waals surface area contributed by atoms with Crippen LogP contribution in [0.5, 0.6) is 5.75 Å². The topological polar surface area (TPSA) is 54.5 Å². The molecule has 0 aliphatic heterocycles. The van der Waals surface area contributed by atoms with Gasteiger partial charge < -0.3 is 14.4 Å². The number of fused-ring (bicyclic) bond motifs is 2. The number of anilines is 1. The first-order valence-electron chi connectivity index (χ1n) is 9.46. The molecule has 0 radical (unpaired) electrons. The predicted molar refractivity (Wildman–Crippen MR) is 114 cm³/mol. The van der Waals surface area contributed by atoms with Crippen LogP contribution in [-0.4, -0.2) is 41.3 Å². The SMILES string of the molecule is COc1ccc(NS(=O)c2cccc3cccnc23)c2c1C[C@@H](N(C)C)CC2. The molecule has 0 saturated heterocycles. The molecule has 5 nitrogen and oxygen atoms in total. The van der Waals surface area contributed by atoms with E-state index in [-0.39, 0.29) is 0 Å². The van der Waals surface area contributed by atoms with Crippen LogP contribution >= 0.6 is 0 Å². The molecule has 3 aromatic rings. The van der Waals surface area contributed by atoms with Crippen LogP contribution in [0.4, 0.5) is 5.69 Å². The zero-order valence-corrected chi connectivity index (χ0v) is 17.3. The maximum absolute atomic E-state index is 13.2. The number of aromatic nitrogens is 1. The van der Waals surface area contributed by atoms with Crippen LogP contribution in [0.3, 0.4) is 0 Å². The summed E-state index contributed by atoms with van der Waals surface area (Å²) in [4.78, 5) is 7.39. The van der Waals surface area contributed by atoms with E-state index in [1.165, 1.54) is 11.1 Å². The van der Waals surface area contributed by atoms with Crippen molar-refractivity contribution in [2.45, 2.75) is 30.2 Å². The summed E-state index contributed by atoms with van der Waals surface area (Å²) in [5, 5.41) is 0.987. The van der Waals surface area contributed by atoms with Crippen LogP contribution in [0.2, 0.25) is 0 Å². The number of rotatable bonds is 5. The van der Waals surface area contributed by atoms with Gasteiger partial charge in [-0.05, 0) is 63.2 Å². The third-order valence-electron chi connectivity index (χ3n) is 5.50. The number of likely N-dealkylation sites (N-methyl/N-ethyl adjacent to an activating group) is 1. The van der Waals surface area contributed by atoms with Gasteiger partial charge in [-0.3, -0.25) is 4.98 Å². The van der Waals surface area contributed by atoms with E-state index in [0.717, 1.165) is 41.6 Å². The van der Waals surface area contributed by atoms with Crippen LogP contribution in [0.15, 0.2) is 53.6 Å². The van der Waals surface area contributed by atoms with E-state index in [0.29, 0.717) is 10.9 Å². The number of hydrogen-bond acceptors (Lipinski definition) is 4. The smallest absolute Gasteiger partial charge is 0.152 e. The molecule has 2 aromatic carbocycles. The Morgan fingerprint density at radius 3 is 2.75 bits per heavy atom. The lowest BCUT2D eigenvalue weighted by molar-refractivity contribution is 0.265. The normalized spacial score (nSPS) is 17.4. The van der Waals surface area contributed by atoms with Gasteiger partial charge in [0.1, 0.15) is 5.75 Å². The fourth-order valence-electron chi connectivity index (χ4n) is 3.94. The van der Waals surface area contributed by atoms with Crippen LogP contribution in [0.25, 0.3) is 10.9 Å². The highest BCUT2D eigenvalue weighted by Crippen LogP contribution is 2.36. The van der Waals surface area contributed by atoms with E-state index in [9.17, 15) is 4.21 Å². The summed E-state index contributed by atoms with van der Waals surface area (Å²) in [5.41, 5.74) is 4.11. The number of nitrogens with one attached hydrogen (secondary N) is 1. The molecule has 1 aromatic heterocycles. The summed E-state index contributed by atoms with van der Waals surface area (Å²) in [7, 11) is 4.55. The lowest BCUT2D eigenvalue weighted by Gasteiger charge is -2.32. The van der Waals surface area contributed by atoms with Crippen LogP contribution in [-0.2, 0) is 23.8 Å². The minimum absolute atomic E-state index is 0.490.